The summed E-state index contributed by atoms with van der Waals surface area (Å²) in [4.78, 5) is 8.89. The molecule has 2 heterocycles. The van der Waals surface area contributed by atoms with E-state index >= 15 is 0 Å². The smallest absolute Gasteiger partial charge is 0.184 e. The van der Waals surface area contributed by atoms with E-state index in [-0.39, 0.29) is 4.90 Å². The van der Waals surface area contributed by atoms with E-state index in [9.17, 15) is 8.42 Å². The van der Waals surface area contributed by atoms with Crippen molar-refractivity contribution in [1.29, 1.82) is 0 Å². The van der Waals surface area contributed by atoms with Crippen molar-refractivity contribution in [1.82, 2.24) is 20.2 Å². The number of thioether (sulfide) groups is 1. The van der Waals surface area contributed by atoms with Crippen molar-refractivity contribution in [3.63, 3.8) is 0 Å². The maximum atomic E-state index is 11.6. The molecule has 0 aliphatic rings. The molecule has 3 aromatic rings. The minimum atomic E-state index is -3.25. The minimum Gasteiger partial charge on any atom is -0.260 e. The second-order valence-corrected chi connectivity index (χ2v) is 7.85. The highest BCUT2D eigenvalue weighted by molar-refractivity contribution is 7.98. The Bertz CT molecular complexity index is 908. The Kier molecular flexibility index (Phi) is 4.44. The number of aromatic nitrogens is 4. The van der Waals surface area contributed by atoms with Gasteiger partial charge < -0.3 is 0 Å². The Balaban J connectivity index is 1.77. The molecule has 0 radical (unpaired) electrons. The van der Waals surface area contributed by atoms with Gasteiger partial charge in [-0.25, -0.2) is 13.4 Å². The highest BCUT2D eigenvalue weighted by Gasteiger charge is 2.11. The largest absolute Gasteiger partial charge is 0.260 e. The SMILES string of the molecule is CS(=O)(=O)c1cccc(-c2n[nH]c(SCc3ccccn3)n2)c1. The molecule has 0 spiro atoms. The van der Waals surface area contributed by atoms with Crippen LogP contribution >= 0.6 is 11.8 Å². The molecular weight excluding hydrogens is 332 g/mol. The molecule has 118 valence electrons. The summed E-state index contributed by atoms with van der Waals surface area (Å²) in [5.41, 5.74) is 1.61. The summed E-state index contributed by atoms with van der Waals surface area (Å²) in [6.45, 7) is 0. The van der Waals surface area contributed by atoms with Gasteiger partial charge in [0.05, 0.1) is 10.6 Å². The van der Waals surface area contributed by atoms with E-state index in [0.717, 1.165) is 5.69 Å². The molecule has 2 aromatic heterocycles. The van der Waals surface area contributed by atoms with Gasteiger partial charge in [0.15, 0.2) is 20.8 Å². The standard InChI is InChI=1S/C15H14N4O2S2/c1-23(20,21)13-7-4-5-11(9-13)14-17-15(19-18-14)22-10-12-6-2-3-8-16-12/h2-9H,10H2,1H3,(H,17,18,19). The second kappa shape index (κ2) is 6.51. The van der Waals surface area contributed by atoms with Crippen LogP contribution in [0.2, 0.25) is 0 Å². The first-order valence-corrected chi connectivity index (χ1v) is 9.66. The van der Waals surface area contributed by atoms with Crippen LogP contribution in [0.4, 0.5) is 0 Å². The maximum absolute atomic E-state index is 11.6. The second-order valence-electron chi connectivity index (χ2n) is 4.87. The van der Waals surface area contributed by atoms with Crippen LogP contribution in [0.3, 0.4) is 0 Å². The summed E-state index contributed by atoms with van der Waals surface area (Å²) in [6, 6.07) is 12.3. The molecule has 1 aromatic carbocycles. The van der Waals surface area contributed by atoms with Crippen molar-refractivity contribution in [2.75, 3.05) is 6.26 Å². The zero-order chi connectivity index (χ0) is 16.3. The Morgan fingerprint density at radius 1 is 1.17 bits per heavy atom. The lowest BCUT2D eigenvalue weighted by Gasteiger charge is -2.00. The molecule has 0 aliphatic carbocycles. The molecule has 0 atom stereocenters. The molecule has 23 heavy (non-hydrogen) atoms. The molecular formula is C15H14N4O2S2. The first kappa shape index (κ1) is 15.7. The van der Waals surface area contributed by atoms with E-state index in [1.54, 1.807) is 30.5 Å². The van der Waals surface area contributed by atoms with Gasteiger partial charge in [-0.1, -0.05) is 30.0 Å². The van der Waals surface area contributed by atoms with Crippen molar-refractivity contribution in [2.24, 2.45) is 0 Å². The van der Waals surface area contributed by atoms with Crippen LogP contribution in [-0.2, 0) is 15.6 Å². The fourth-order valence-electron chi connectivity index (χ4n) is 1.93. The van der Waals surface area contributed by atoms with Gasteiger partial charge in [0, 0.05) is 23.8 Å². The first-order valence-electron chi connectivity index (χ1n) is 6.78. The van der Waals surface area contributed by atoms with Crippen LogP contribution in [0.5, 0.6) is 0 Å². The first-order chi connectivity index (χ1) is 11.0. The van der Waals surface area contributed by atoms with E-state index in [1.807, 2.05) is 18.2 Å². The lowest BCUT2D eigenvalue weighted by Crippen LogP contribution is -1.97. The third kappa shape index (κ3) is 3.96. The minimum absolute atomic E-state index is 0.252. The van der Waals surface area contributed by atoms with Gasteiger partial charge >= 0.3 is 0 Å². The molecule has 0 saturated carbocycles. The number of nitrogens with one attached hydrogen (secondary N) is 1. The molecule has 8 heteroatoms. The Labute approximate surface area is 138 Å². The van der Waals surface area contributed by atoms with Crippen LogP contribution in [0.25, 0.3) is 11.4 Å². The highest BCUT2D eigenvalue weighted by Crippen LogP contribution is 2.23. The lowest BCUT2D eigenvalue weighted by atomic mass is 10.2. The predicted molar refractivity (Wildman–Crippen MR) is 88.7 cm³/mol. The predicted octanol–water partition coefficient (Wildman–Crippen LogP) is 2.56. The Morgan fingerprint density at radius 2 is 2.04 bits per heavy atom. The zero-order valence-electron chi connectivity index (χ0n) is 12.3. The van der Waals surface area contributed by atoms with Crippen molar-refractivity contribution in [2.45, 2.75) is 15.8 Å². The van der Waals surface area contributed by atoms with Crippen molar-refractivity contribution in [3.8, 4) is 11.4 Å². The molecule has 0 aliphatic heterocycles. The molecule has 0 saturated heterocycles. The number of sulfone groups is 1. The normalized spacial score (nSPS) is 11.5. The molecule has 1 N–H and O–H groups in total. The summed E-state index contributed by atoms with van der Waals surface area (Å²) in [5.74, 6) is 1.15. The van der Waals surface area contributed by atoms with E-state index in [4.69, 9.17) is 0 Å². The summed E-state index contributed by atoms with van der Waals surface area (Å²) < 4.78 is 23.2. The number of hydrogen-bond acceptors (Lipinski definition) is 6. The molecule has 0 fully saturated rings. The highest BCUT2D eigenvalue weighted by atomic mass is 32.2. The number of benzene rings is 1. The third-order valence-electron chi connectivity index (χ3n) is 3.07. The molecule has 0 unspecified atom stereocenters. The zero-order valence-corrected chi connectivity index (χ0v) is 13.9. The molecule has 0 bridgehead atoms. The Morgan fingerprint density at radius 3 is 2.78 bits per heavy atom. The van der Waals surface area contributed by atoms with Crippen LogP contribution in [-0.4, -0.2) is 34.8 Å². The quantitative estimate of drug-likeness (QED) is 0.714. The van der Waals surface area contributed by atoms with Crippen molar-refractivity contribution < 1.29 is 8.42 Å². The maximum Gasteiger partial charge on any atom is 0.184 e. The number of H-pyrrole nitrogens is 1. The lowest BCUT2D eigenvalue weighted by molar-refractivity contribution is 0.602. The summed E-state index contributed by atoms with van der Waals surface area (Å²) in [6.07, 6.45) is 2.93. The van der Waals surface area contributed by atoms with Gasteiger partial charge in [0.2, 0.25) is 0 Å². The van der Waals surface area contributed by atoms with Crippen LogP contribution < -0.4 is 0 Å². The van der Waals surface area contributed by atoms with Crippen LogP contribution in [0, 0.1) is 0 Å². The molecule has 6 nitrogen and oxygen atoms in total. The topological polar surface area (TPSA) is 88.6 Å². The van der Waals surface area contributed by atoms with Crippen LogP contribution in [0.1, 0.15) is 5.69 Å². The fourth-order valence-corrected chi connectivity index (χ4v) is 3.32. The van der Waals surface area contributed by atoms with Gasteiger partial charge in [-0.3, -0.25) is 10.1 Å². The summed E-state index contributed by atoms with van der Waals surface area (Å²) >= 11 is 1.49. The summed E-state index contributed by atoms with van der Waals surface area (Å²) in [7, 11) is -3.25. The van der Waals surface area contributed by atoms with E-state index in [0.29, 0.717) is 22.3 Å². The van der Waals surface area contributed by atoms with Crippen molar-refractivity contribution >= 4 is 21.6 Å². The number of hydrogen-bond donors (Lipinski definition) is 1. The average Bonchev–Trinajstić information content (AvgIpc) is 3.02. The molecule has 0 amide bonds. The number of rotatable bonds is 5. The molecule has 3 rings (SSSR count). The average molecular weight is 346 g/mol. The summed E-state index contributed by atoms with van der Waals surface area (Å²) in [5, 5.41) is 7.67. The fraction of sp³-hybridized carbons (Fsp3) is 0.133. The van der Waals surface area contributed by atoms with Gasteiger partial charge in [0.25, 0.3) is 0 Å². The number of pyridine rings is 1. The number of nitrogens with zero attached hydrogens (tertiary/aromatic N) is 3. The monoisotopic (exact) mass is 346 g/mol. The Hall–Kier alpha value is -2.19. The van der Waals surface area contributed by atoms with Crippen LogP contribution in [0.15, 0.2) is 58.7 Å². The van der Waals surface area contributed by atoms with Crippen molar-refractivity contribution in [3.05, 3.63) is 54.4 Å². The van der Waals surface area contributed by atoms with E-state index in [1.165, 1.54) is 18.0 Å². The van der Waals surface area contributed by atoms with Gasteiger partial charge in [-0.05, 0) is 24.3 Å². The number of aromatic amines is 1. The van der Waals surface area contributed by atoms with Gasteiger partial charge in [0.1, 0.15) is 0 Å². The van der Waals surface area contributed by atoms with E-state index < -0.39 is 9.84 Å². The van der Waals surface area contributed by atoms with Gasteiger partial charge in [-0.2, -0.15) is 5.10 Å². The van der Waals surface area contributed by atoms with Gasteiger partial charge in [-0.15, -0.1) is 0 Å². The third-order valence-corrected chi connectivity index (χ3v) is 5.07. The van der Waals surface area contributed by atoms with E-state index in [2.05, 4.69) is 20.2 Å².